The van der Waals surface area contributed by atoms with E-state index in [0.717, 1.165) is 13.2 Å². The zero-order valence-electron chi connectivity index (χ0n) is 8.95. The van der Waals surface area contributed by atoms with Gasteiger partial charge in [0.2, 0.25) is 0 Å². The van der Waals surface area contributed by atoms with Gasteiger partial charge >= 0.3 is 0 Å². The normalized spacial score (nSPS) is 34.1. The van der Waals surface area contributed by atoms with Gasteiger partial charge in [-0.2, -0.15) is 0 Å². The fourth-order valence-corrected chi connectivity index (χ4v) is 2.48. The zero-order chi connectivity index (χ0) is 9.80. The van der Waals surface area contributed by atoms with Gasteiger partial charge in [-0.3, -0.25) is 0 Å². The summed E-state index contributed by atoms with van der Waals surface area (Å²) in [6, 6.07) is 0.428. The van der Waals surface area contributed by atoms with Crippen molar-refractivity contribution >= 4 is 0 Å². The molecule has 1 unspecified atom stereocenters. The Kier molecular flexibility index (Phi) is 3.79. The number of rotatable bonds is 4. The molecule has 14 heavy (non-hydrogen) atoms. The van der Waals surface area contributed by atoms with Crippen molar-refractivity contribution in [3.63, 3.8) is 0 Å². The molecule has 2 fully saturated rings. The lowest BCUT2D eigenvalue weighted by Gasteiger charge is -2.16. The molecule has 2 saturated heterocycles. The Morgan fingerprint density at radius 2 is 2.29 bits per heavy atom. The lowest BCUT2D eigenvalue weighted by Crippen LogP contribution is -2.27. The number of likely N-dealkylation sites (tertiary alicyclic amines) is 1. The van der Waals surface area contributed by atoms with Crippen molar-refractivity contribution in [2.45, 2.75) is 44.2 Å². The first-order valence-electron chi connectivity index (χ1n) is 5.94. The molecule has 0 radical (unpaired) electrons. The van der Waals surface area contributed by atoms with Crippen LogP contribution in [0, 0.1) is 0 Å². The molecule has 2 atom stereocenters. The lowest BCUT2D eigenvalue weighted by molar-refractivity contribution is 0.0996. The number of hydrogen-bond donors (Lipinski definition) is 1. The van der Waals surface area contributed by atoms with Crippen LogP contribution in [0.15, 0.2) is 0 Å². The van der Waals surface area contributed by atoms with Gasteiger partial charge in [0.05, 0.1) is 6.10 Å². The second kappa shape index (κ2) is 5.10. The maximum atomic E-state index is 5.85. The van der Waals surface area contributed by atoms with Gasteiger partial charge in [0, 0.05) is 19.2 Å². The molecule has 0 aromatic heterocycles. The van der Waals surface area contributed by atoms with Gasteiger partial charge in [0.15, 0.2) is 0 Å². The standard InChI is InChI=1S/C11H22N2O/c12-10-5-7-13(9-10)6-1-3-11-4-2-8-14-11/h10-11H,1-9,12H2/t10-,11?/m0/s1. The molecule has 0 aliphatic carbocycles. The van der Waals surface area contributed by atoms with E-state index in [-0.39, 0.29) is 0 Å². The highest BCUT2D eigenvalue weighted by molar-refractivity contribution is 4.78. The predicted octanol–water partition coefficient (Wildman–Crippen LogP) is 0.979. The van der Waals surface area contributed by atoms with Crippen molar-refractivity contribution in [3.8, 4) is 0 Å². The lowest BCUT2D eigenvalue weighted by atomic mass is 10.1. The van der Waals surface area contributed by atoms with Crippen LogP contribution in [0.25, 0.3) is 0 Å². The van der Waals surface area contributed by atoms with Gasteiger partial charge in [0.1, 0.15) is 0 Å². The van der Waals surface area contributed by atoms with E-state index in [2.05, 4.69) is 4.90 Å². The van der Waals surface area contributed by atoms with E-state index in [9.17, 15) is 0 Å². The Morgan fingerprint density at radius 3 is 2.93 bits per heavy atom. The summed E-state index contributed by atoms with van der Waals surface area (Å²) in [5, 5.41) is 0. The molecule has 2 aliphatic rings. The first kappa shape index (κ1) is 10.4. The summed E-state index contributed by atoms with van der Waals surface area (Å²) in [6.45, 7) is 4.50. The summed E-state index contributed by atoms with van der Waals surface area (Å²) in [7, 11) is 0. The van der Waals surface area contributed by atoms with Gasteiger partial charge in [-0.15, -0.1) is 0 Å². The molecule has 3 heteroatoms. The Balaban J connectivity index is 1.54. The minimum atomic E-state index is 0.428. The Hall–Kier alpha value is -0.120. The van der Waals surface area contributed by atoms with Crippen molar-refractivity contribution in [2.24, 2.45) is 5.73 Å². The first-order valence-corrected chi connectivity index (χ1v) is 5.94. The third-order valence-corrected chi connectivity index (χ3v) is 3.33. The fourth-order valence-electron chi connectivity index (χ4n) is 2.48. The largest absolute Gasteiger partial charge is 0.378 e. The molecule has 0 bridgehead atoms. The summed E-state index contributed by atoms with van der Waals surface area (Å²) in [6.07, 6.45) is 6.80. The van der Waals surface area contributed by atoms with Crippen LogP contribution in [-0.4, -0.2) is 43.3 Å². The van der Waals surface area contributed by atoms with Crippen LogP contribution in [0.1, 0.15) is 32.1 Å². The van der Waals surface area contributed by atoms with Crippen molar-refractivity contribution in [1.29, 1.82) is 0 Å². The van der Waals surface area contributed by atoms with Crippen molar-refractivity contribution < 1.29 is 4.74 Å². The topological polar surface area (TPSA) is 38.5 Å². The second-order valence-electron chi connectivity index (χ2n) is 4.63. The molecule has 0 aromatic carbocycles. The third-order valence-electron chi connectivity index (χ3n) is 3.33. The van der Waals surface area contributed by atoms with Crippen LogP contribution in [-0.2, 0) is 4.74 Å². The van der Waals surface area contributed by atoms with E-state index in [1.165, 1.54) is 45.2 Å². The number of nitrogens with two attached hydrogens (primary N) is 1. The van der Waals surface area contributed by atoms with Crippen LogP contribution >= 0.6 is 0 Å². The number of hydrogen-bond acceptors (Lipinski definition) is 3. The first-order chi connectivity index (χ1) is 6.84. The van der Waals surface area contributed by atoms with Crippen LogP contribution < -0.4 is 5.73 Å². The summed E-state index contributed by atoms with van der Waals surface area (Å²) >= 11 is 0. The van der Waals surface area contributed by atoms with E-state index in [1.807, 2.05) is 0 Å². The molecular weight excluding hydrogens is 176 g/mol. The van der Waals surface area contributed by atoms with Crippen molar-refractivity contribution in [3.05, 3.63) is 0 Å². The smallest absolute Gasteiger partial charge is 0.0576 e. The number of nitrogens with zero attached hydrogens (tertiary/aromatic N) is 1. The SMILES string of the molecule is N[C@H]1CCN(CCCC2CCCO2)C1. The third kappa shape index (κ3) is 2.94. The van der Waals surface area contributed by atoms with Gasteiger partial charge < -0.3 is 15.4 Å². The molecule has 0 spiro atoms. The monoisotopic (exact) mass is 198 g/mol. The second-order valence-corrected chi connectivity index (χ2v) is 4.63. The highest BCUT2D eigenvalue weighted by Crippen LogP contribution is 2.17. The molecule has 2 N–H and O–H groups in total. The van der Waals surface area contributed by atoms with Crippen molar-refractivity contribution in [2.75, 3.05) is 26.2 Å². The van der Waals surface area contributed by atoms with Crippen LogP contribution in [0.5, 0.6) is 0 Å². The molecule has 0 amide bonds. The van der Waals surface area contributed by atoms with E-state index >= 15 is 0 Å². The van der Waals surface area contributed by atoms with Gasteiger partial charge in [-0.05, 0) is 45.2 Å². The van der Waals surface area contributed by atoms with Gasteiger partial charge in [-0.1, -0.05) is 0 Å². The molecule has 2 rings (SSSR count). The van der Waals surface area contributed by atoms with Crippen LogP contribution in [0.4, 0.5) is 0 Å². The summed E-state index contributed by atoms with van der Waals surface area (Å²) in [4.78, 5) is 2.49. The van der Waals surface area contributed by atoms with E-state index < -0.39 is 0 Å². The summed E-state index contributed by atoms with van der Waals surface area (Å²) < 4.78 is 5.60. The molecule has 2 heterocycles. The van der Waals surface area contributed by atoms with Crippen molar-refractivity contribution in [1.82, 2.24) is 4.90 Å². The molecule has 3 nitrogen and oxygen atoms in total. The molecule has 2 aliphatic heterocycles. The average Bonchev–Trinajstić information content (AvgIpc) is 2.77. The number of ether oxygens (including phenoxy) is 1. The quantitative estimate of drug-likeness (QED) is 0.732. The maximum Gasteiger partial charge on any atom is 0.0576 e. The van der Waals surface area contributed by atoms with Crippen LogP contribution in [0.3, 0.4) is 0 Å². The van der Waals surface area contributed by atoms with Gasteiger partial charge in [-0.25, -0.2) is 0 Å². The minimum absolute atomic E-state index is 0.428. The Labute approximate surface area is 86.6 Å². The van der Waals surface area contributed by atoms with Crippen LogP contribution in [0.2, 0.25) is 0 Å². The molecular formula is C11H22N2O. The molecule has 0 aromatic rings. The Morgan fingerprint density at radius 1 is 1.36 bits per heavy atom. The van der Waals surface area contributed by atoms with E-state index in [4.69, 9.17) is 10.5 Å². The summed E-state index contributed by atoms with van der Waals surface area (Å²) in [5.41, 5.74) is 5.85. The fraction of sp³-hybridized carbons (Fsp3) is 1.00. The predicted molar refractivity (Wildman–Crippen MR) is 57.2 cm³/mol. The molecule has 0 saturated carbocycles. The zero-order valence-corrected chi connectivity index (χ0v) is 8.95. The summed E-state index contributed by atoms with van der Waals surface area (Å²) in [5.74, 6) is 0. The van der Waals surface area contributed by atoms with E-state index in [0.29, 0.717) is 12.1 Å². The average molecular weight is 198 g/mol. The Bertz CT molecular complexity index is 169. The minimum Gasteiger partial charge on any atom is -0.378 e. The maximum absolute atomic E-state index is 5.85. The highest BCUT2D eigenvalue weighted by atomic mass is 16.5. The highest BCUT2D eigenvalue weighted by Gasteiger charge is 2.19. The van der Waals surface area contributed by atoms with Gasteiger partial charge in [0.25, 0.3) is 0 Å². The molecule has 82 valence electrons. The van der Waals surface area contributed by atoms with E-state index in [1.54, 1.807) is 0 Å².